The Morgan fingerprint density at radius 2 is 1.70 bits per heavy atom. The Kier molecular flexibility index (Phi) is 10.2. The van der Waals surface area contributed by atoms with Crippen LogP contribution in [0.5, 0.6) is 0 Å². The molecular weight excluding hydrogens is 516 g/mol. The third-order valence-electron chi connectivity index (χ3n) is 4.64. The van der Waals surface area contributed by atoms with Crippen molar-refractivity contribution in [2.75, 3.05) is 25.9 Å². The van der Waals surface area contributed by atoms with Gasteiger partial charge in [-0.25, -0.2) is 12.8 Å². The van der Waals surface area contributed by atoms with Crippen LogP contribution >= 0.6 is 24.0 Å². The van der Waals surface area contributed by atoms with Crippen LogP contribution in [0.2, 0.25) is 0 Å². The van der Waals surface area contributed by atoms with Gasteiger partial charge < -0.3 is 10.6 Å². The highest BCUT2D eigenvalue weighted by molar-refractivity contribution is 14.0. The molecule has 0 saturated heterocycles. The van der Waals surface area contributed by atoms with E-state index in [2.05, 4.69) is 15.6 Å². The van der Waals surface area contributed by atoms with E-state index in [4.69, 9.17) is 0 Å². The zero-order valence-electron chi connectivity index (χ0n) is 17.9. The fourth-order valence-electron chi connectivity index (χ4n) is 2.94. The average molecular weight is 547 g/mol. The maximum atomic E-state index is 14.1. The SMILES string of the molecule is CCNC(=NCC(C)(C)c1ccccc1F)NCCc1ccc(S(C)(=O)=O)cc1.I. The topological polar surface area (TPSA) is 70.6 Å². The first-order valence-electron chi connectivity index (χ1n) is 9.69. The normalized spacial score (nSPS) is 12.2. The summed E-state index contributed by atoms with van der Waals surface area (Å²) in [6.45, 7) is 7.73. The average Bonchev–Trinajstić information content (AvgIpc) is 2.66. The number of hydrogen-bond donors (Lipinski definition) is 2. The first kappa shape index (κ1) is 26.4. The molecule has 2 rings (SSSR count). The van der Waals surface area contributed by atoms with E-state index in [0.717, 1.165) is 18.5 Å². The molecule has 30 heavy (non-hydrogen) atoms. The van der Waals surface area contributed by atoms with Crippen molar-refractivity contribution in [3.05, 3.63) is 65.5 Å². The summed E-state index contributed by atoms with van der Waals surface area (Å²) in [7, 11) is -3.18. The molecule has 0 bridgehead atoms. The Morgan fingerprint density at radius 3 is 2.27 bits per heavy atom. The van der Waals surface area contributed by atoms with Gasteiger partial charge in [-0.2, -0.15) is 0 Å². The van der Waals surface area contributed by atoms with Crippen LogP contribution in [0, 0.1) is 5.82 Å². The highest BCUT2D eigenvalue weighted by atomic mass is 127. The van der Waals surface area contributed by atoms with Crippen molar-refractivity contribution in [1.82, 2.24) is 10.6 Å². The van der Waals surface area contributed by atoms with E-state index in [9.17, 15) is 12.8 Å². The second kappa shape index (κ2) is 11.6. The summed E-state index contributed by atoms with van der Waals surface area (Å²) in [5.41, 5.74) is 1.24. The number of benzene rings is 2. The molecule has 0 fully saturated rings. The smallest absolute Gasteiger partial charge is 0.191 e. The quantitative estimate of drug-likeness (QED) is 0.299. The van der Waals surface area contributed by atoms with E-state index < -0.39 is 15.3 Å². The predicted octanol–water partition coefficient (Wildman–Crippen LogP) is 3.92. The first-order valence-corrected chi connectivity index (χ1v) is 11.6. The highest BCUT2D eigenvalue weighted by Crippen LogP contribution is 2.25. The molecule has 2 aromatic carbocycles. The third-order valence-corrected chi connectivity index (χ3v) is 5.77. The minimum absolute atomic E-state index is 0. The van der Waals surface area contributed by atoms with Gasteiger partial charge >= 0.3 is 0 Å². The Bertz CT molecular complexity index is 945. The largest absolute Gasteiger partial charge is 0.357 e. The zero-order valence-corrected chi connectivity index (χ0v) is 21.1. The molecule has 0 spiro atoms. The van der Waals surface area contributed by atoms with Gasteiger partial charge in [-0.1, -0.05) is 44.2 Å². The minimum Gasteiger partial charge on any atom is -0.357 e. The summed E-state index contributed by atoms with van der Waals surface area (Å²) in [6.07, 6.45) is 1.93. The molecule has 166 valence electrons. The van der Waals surface area contributed by atoms with Crippen LogP contribution in [0.15, 0.2) is 58.4 Å². The maximum absolute atomic E-state index is 14.1. The van der Waals surface area contributed by atoms with Gasteiger partial charge in [0, 0.05) is 24.8 Å². The number of sulfone groups is 1. The number of guanidine groups is 1. The number of aliphatic imine (C=N–C) groups is 1. The lowest BCUT2D eigenvalue weighted by atomic mass is 9.84. The molecule has 0 aliphatic heterocycles. The lowest BCUT2D eigenvalue weighted by molar-refractivity contribution is 0.492. The van der Waals surface area contributed by atoms with Crippen LogP contribution in [-0.2, 0) is 21.7 Å². The number of halogens is 2. The van der Waals surface area contributed by atoms with Gasteiger partial charge in [0.25, 0.3) is 0 Å². The van der Waals surface area contributed by atoms with Crippen LogP contribution in [0.3, 0.4) is 0 Å². The van der Waals surface area contributed by atoms with Crippen molar-refractivity contribution in [3.8, 4) is 0 Å². The molecule has 8 heteroatoms. The van der Waals surface area contributed by atoms with Crippen LogP contribution in [0.1, 0.15) is 31.9 Å². The van der Waals surface area contributed by atoms with Gasteiger partial charge in [0.15, 0.2) is 15.8 Å². The Balaban J connectivity index is 0.00000450. The molecule has 5 nitrogen and oxygen atoms in total. The fourth-order valence-corrected chi connectivity index (χ4v) is 3.57. The molecule has 0 saturated carbocycles. The fraction of sp³-hybridized carbons (Fsp3) is 0.409. The maximum Gasteiger partial charge on any atom is 0.191 e. The minimum atomic E-state index is -3.18. The summed E-state index contributed by atoms with van der Waals surface area (Å²) in [5, 5.41) is 6.48. The molecule has 0 heterocycles. The number of nitrogens with one attached hydrogen (secondary N) is 2. The standard InChI is InChI=1S/C22H30FN3O2S.HI/c1-5-24-21(26-16-22(2,3)19-8-6-7-9-20(19)23)25-15-14-17-10-12-18(13-11-17)29(4,27)28;/h6-13H,5,14-16H2,1-4H3,(H2,24,25,26);1H. The van der Waals surface area contributed by atoms with Crippen molar-refractivity contribution < 1.29 is 12.8 Å². The lowest BCUT2D eigenvalue weighted by Crippen LogP contribution is -2.39. The van der Waals surface area contributed by atoms with Gasteiger partial charge in [0.05, 0.1) is 11.4 Å². The van der Waals surface area contributed by atoms with Crippen molar-refractivity contribution in [2.45, 2.75) is 37.5 Å². The molecule has 2 aromatic rings. The second-order valence-corrected chi connectivity index (χ2v) is 9.67. The molecule has 0 atom stereocenters. The predicted molar refractivity (Wildman–Crippen MR) is 132 cm³/mol. The summed E-state index contributed by atoms with van der Waals surface area (Å²) in [4.78, 5) is 4.95. The second-order valence-electron chi connectivity index (χ2n) is 7.65. The Morgan fingerprint density at radius 1 is 1.07 bits per heavy atom. The van der Waals surface area contributed by atoms with Gasteiger partial charge in [0.2, 0.25) is 0 Å². The zero-order chi connectivity index (χ0) is 21.5. The number of hydrogen-bond acceptors (Lipinski definition) is 3. The van der Waals surface area contributed by atoms with E-state index in [1.54, 1.807) is 24.3 Å². The molecule has 0 aliphatic carbocycles. The summed E-state index contributed by atoms with van der Waals surface area (Å²) in [6, 6.07) is 13.7. The molecule has 0 unspecified atom stereocenters. The van der Waals surface area contributed by atoms with E-state index in [1.807, 2.05) is 39.0 Å². The van der Waals surface area contributed by atoms with Crippen LogP contribution in [0.25, 0.3) is 0 Å². The van der Waals surface area contributed by atoms with Crippen LogP contribution in [-0.4, -0.2) is 40.3 Å². The molecule has 0 radical (unpaired) electrons. The van der Waals surface area contributed by atoms with E-state index in [0.29, 0.717) is 29.5 Å². The molecule has 0 aliphatic rings. The van der Waals surface area contributed by atoms with E-state index in [1.165, 1.54) is 12.3 Å². The number of nitrogens with zero attached hydrogens (tertiary/aromatic N) is 1. The number of rotatable bonds is 8. The summed E-state index contributed by atoms with van der Waals surface area (Å²) in [5.74, 6) is 0.452. The van der Waals surface area contributed by atoms with Crippen molar-refractivity contribution >= 4 is 39.8 Å². The van der Waals surface area contributed by atoms with Crippen molar-refractivity contribution in [2.24, 2.45) is 4.99 Å². The van der Waals surface area contributed by atoms with Gasteiger partial charge in [-0.05, 0) is 42.7 Å². The van der Waals surface area contributed by atoms with Gasteiger partial charge in [-0.15, -0.1) is 24.0 Å². The van der Waals surface area contributed by atoms with E-state index in [-0.39, 0.29) is 29.8 Å². The monoisotopic (exact) mass is 547 g/mol. The summed E-state index contributed by atoms with van der Waals surface area (Å²) >= 11 is 0. The summed E-state index contributed by atoms with van der Waals surface area (Å²) < 4.78 is 37.2. The highest BCUT2D eigenvalue weighted by Gasteiger charge is 2.23. The lowest BCUT2D eigenvalue weighted by Gasteiger charge is -2.24. The van der Waals surface area contributed by atoms with Gasteiger partial charge in [-0.3, -0.25) is 4.99 Å². The molecule has 2 N–H and O–H groups in total. The molecular formula is C22H31FIN3O2S. The van der Waals surface area contributed by atoms with Crippen LogP contribution in [0.4, 0.5) is 4.39 Å². The van der Waals surface area contributed by atoms with E-state index >= 15 is 0 Å². The third kappa shape index (κ3) is 7.86. The van der Waals surface area contributed by atoms with Crippen molar-refractivity contribution in [3.63, 3.8) is 0 Å². The van der Waals surface area contributed by atoms with Crippen molar-refractivity contribution in [1.29, 1.82) is 0 Å². The molecule has 0 amide bonds. The first-order chi connectivity index (χ1) is 13.6. The van der Waals surface area contributed by atoms with Gasteiger partial charge in [0.1, 0.15) is 5.82 Å². The Labute approximate surface area is 196 Å². The molecule has 0 aromatic heterocycles. The van der Waals surface area contributed by atoms with Crippen LogP contribution < -0.4 is 10.6 Å². The Hall–Kier alpha value is -1.68.